The van der Waals surface area contributed by atoms with Crippen LogP contribution >= 0.6 is 11.9 Å². The molecule has 7 heavy (non-hydrogen) atoms. The van der Waals surface area contributed by atoms with Gasteiger partial charge in [-0.05, 0) is 13.0 Å². The Labute approximate surface area is 48.2 Å². The second-order valence-corrected chi connectivity index (χ2v) is 2.40. The summed E-state index contributed by atoms with van der Waals surface area (Å²) in [5.74, 6) is 1.06. The molecule has 0 radical (unpaired) electrons. The molecule has 0 aliphatic carbocycles. The third-order valence-corrected chi connectivity index (χ3v) is 1.67. The first-order chi connectivity index (χ1) is 3.50. The summed E-state index contributed by atoms with van der Waals surface area (Å²) in [7, 11) is 0. The molecule has 0 aromatic heterocycles. The van der Waals surface area contributed by atoms with Gasteiger partial charge in [0.2, 0.25) is 0 Å². The summed E-state index contributed by atoms with van der Waals surface area (Å²) in [6.07, 6.45) is 1.26. The van der Waals surface area contributed by atoms with Crippen molar-refractivity contribution in [2.45, 2.75) is 6.42 Å². The predicted octanol–water partition coefficient (Wildman–Crippen LogP) is 0.175. The second kappa shape index (κ2) is 3.29. The van der Waals surface area contributed by atoms with Crippen molar-refractivity contribution in [1.82, 2.24) is 10.0 Å². The van der Waals surface area contributed by atoms with E-state index in [0.717, 1.165) is 12.4 Å². The fraction of sp³-hybridized carbons (Fsp3) is 1.00. The lowest BCUT2D eigenvalue weighted by atomic mass is 10.4. The van der Waals surface area contributed by atoms with Crippen LogP contribution in [0, 0.1) is 0 Å². The molecule has 1 fully saturated rings. The van der Waals surface area contributed by atoms with E-state index in [0.29, 0.717) is 0 Å². The molecule has 0 spiro atoms. The first-order valence-corrected chi connectivity index (χ1v) is 3.54. The maximum absolute atomic E-state index is 3.25. The van der Waals surface area contributed by atoms with Gasteiger partial charge in [-0.2, -0.15) is 0 Å². The van der Waals surface area contributed by atoms with E-state index >= 15 is 0 Å². The minimum atomic E-state index is 1.06. The normalized spacial score (nSPS) is 24.0. The third-order valence-electron chi connectivity index (χ3n) is 0.909. The number of rotatable bonds is 0. The third kappa shape index (κ3) is 2.16. The van der Waals surface area contributed by atoms with Crippen LogP contribution in [0.2, 0.25) is 0 Å². The lowest BCUT2D eigenvalue weighted by molar-refractivity contribution is 0.728. The molecule has 0 saturated carbocycles. The molecule has 2 N–H and O–H groups in total. The van der Waals surface area contributed by atoms with Crippen molar-refractivity contribution >= 4 is 11.9 Å². The molecule has 0 atom stereocenters. The van der Waals surface area contributed by atoms with Gasteiger partial charge in [-0.3, -0.25) is 4.72 Å². The van der Waals surface area contributed by atoms with Crippen LogP contribution in [0.5, 0.6) is 0 Å². The van der Waals surface area contributed by atoms with Crippen molar-refractivity contribution in [3.63, 3.8) is 0 Å². The minimum Gasteiger partial charge on any atom is -0.307 e. The maximum Gasteiger partial charge on any atom is 0.0565 e. The molecule has 42 valence electrons. The summed E-state index contributed by atoms with van der Waals surface area (Å²) in [5, 5.41) is 3.25. The van der Waals surface area contributed by atoms with E-state index in [9.17, 15) is 0 Å². The summed E-state index contributed by atoms with van der Waals surface area (Å²) in [6, 6.07) is 0. The van der Waals surface area contributed by atoms with Crippen molar-refractivity contribution in [2.24, 2.45) is 0 Å². The fourth-order valence-electron chi connectivity index (χ4n) is 0.532. The lowest BCUT2D eigenvalue weighted by Crippen LogP contribution is -2.11. The molecular weight excluding hydrogens is 108 g/mol. The molecule has 0 unspecified atom stereocenters. The van der Waals surface area contributed by atoms with E-state index in [-0.39, 0.29) is 0 Å². The number of hydrogen-bond acceptors (Lipinski definition) is 3. The molecule has 0 amide bonds. The maximum atomic E-state index is 3.25. The smallest absolute Gasteiger partial charge is 0.0565 e. The zero-order valence-electron chi connectivity index (χ0n) is 4.24. The van der Waals surface area contributed by atoms with E-state index in [2.05, 4.69) is 10.0 Å². The second-order valence-electron chi connectivity index (χ2n) is 1.54. The molecule has 0 bridgehead atoms. The monoisotopic (exact) mass is 118 g/mol. The first kappa shape index (κ1) is 5.41. The van der Waals surface area contributed by atoms with Crippen LogP contribution in [0.15, 0.2) is 0 Å². The largest absolute Gasteiger partial charge is 0.307 e. The highest BCUT2D eigenvalue weighted by atomic mass is 32.2. The average molecular weight is 118 g/mol. The van der Waals surface area contributed by atoms with Crippen LogP contribution in [0.4, 0.5) is 0 Å². The van der Waals surface area contributed by atoms with Gasteiger partial charge in [0.1, 0.15) is 0 Å². The predicted molar refractivity (Wildman–Crippen MR) is 33.1 cm³/mol. The van der Waals surface area contributed by atoms with E-state index in [1.807, 2.05) is 0 Å². The van der Waals surface area contributed by atoms with Gasteiger partial charge < -0.3 is 5.32 Å². The van der Waals surface area contributed by atoms with Crippen LogP contribution in [0.25, 0.3) is 0 Å². The van der Waals surface area contributed by atoms with Gasteiger partial charge in [0.05, 0.1) is 5.88 Å². The van der Waals surface area contributed by atoms with Gasteiger partial charge in [-0.25, -0.2) is 0 Å². The molecule has 1 rings (SSSR count). The topological polar surface area (TPSA) is 24.1 Å². The molecular formula is C4H10N2S. The Morgan fingerprint density at radius 1 is 1.29 bits per heavy atom. The summed E-state index contributed by atoms with van der Waals surface area (Å²) >= 11 is 1.75. The highest BCUT2D eigenvalue weighted by Gasteiger charge is 1.92. The minimum absolute atomic E-state index is 1.06. The Balaban J connectivity index is 2.04. The van der Waals surface area contributed by atoms with Crippen molar-refractivity contribution < 1.29 is 0 Å². The van der Waals surface area contributed by atoms with Crippen molar-refractivity contribution in [3.05, 3.63) is 0 Å². The highest BCUT2D eigenvalue weighted by molar-refractivity contribution is 7.97. The van der Waals surface area contributed by atoms with Gasteiger partial charge >= 0.3 is 0 Å². The molecule has 1 heterocycles. The average Bonchev–Trinajstić information content (AvgIpc) is 1.90. The summed E-state index contributed by atoms with van der Waals surface area (Å²) in [5.41, 5.74) is 0. The standard InChI is InChI=1S/C4H10N2S/c1-2-5-4-7-6-3-1/h5-6H,1-4H2. The zero-order chi connectivity index (χ0) is 4.95. The Morgan fingerprint density at radius 2 is 2.29 bits per heavy atom. The lowest BCUT2D eigenvalue weighted by Gasteiger charge is -1.91. The van der Waals surface area contributed by atoms with E-state index in [4.69, 9.17) is 0 Å². The van der Waals surface area contributed by atoms with Gasteiger partial charge in [-0.1, -0.05) is 11.9 Å². The van der Waals surface area contributed by atoms with E-state index in [1.165, 1.54) is 13.0 Å². The molecule has 0 aromatic rings. The summed E-state index contributed by atoms with van der Waals surface area (Å²) in [4.78, 5) is 0. The molecule has 1 aliphatic rings. The van der Waals surface area contributed by atoms with Crippen LogP contribution in [0.1, 0.15) is 6.42 Å². The Morgan fingerprint density at radius 3 is 3.29 bits per heavy atom. The van der Waals surface area contributed by atoms with Gasteiger partial charge in [0.25, 0.3) is 0 Å². The number of nitrogens with one attached hydrogen (secondary N) is 2. The Kier molecular flexibility index (Phi) is 2.55. The van der Waals surface area contributed by atoms with E-state index in [1.54, 1.807) is 11.9 Å². The van der Waals surface area contributed by atoms with Crippen LogP contribution in [0.3, 0.4) is 0 Å². The summed E-state index contributed by atoms with van der Waals surface area (Å²) in [6.45, 7) is 2.32. The Hall–Kier alpha value is 0.270. The Bertz CT molecular complexity index is 29.3. The first-order valence-electron chi connectivity index (χ1n) is 2.55. The molecule has 3 heteroatoms. The van der Waals surface area contributed by atoms with Gasteiger partial charge in [-0.15, -0.1) is 0 Å². The van der Waals surface area contributed by atoms with Crippen LogP contribution < -0.4 is 10.0 Å². The van der Waals surface area contributed by atoms with E-state index < -0.39 is 0 Å². The van der Waals surface area contributed by atoms with Crippen molar-refractivity contribution in [1.29, 1.82) is 0 Å². The van der Waals surface area contributed by atoms with Crippen molar-refractivity contribution in [2.75, 3.05) is 19.0 Å². The summed E-state index contributed by atoms with van der Waals surface area (Å²) < 4.78 is 3.20. The quantitative estimate of drug-likeness (QED) is 0.443. The molecule has 1 saturated heterocycles. The SMILES string of the molecule is C1CNCSNC1. The van der Waals surface area contributed by atoms with Gasteiger partial charge in [0, 0.05) is 6.54 Å². The van der Waals surface area contributed by atoms with Crippen LogP contribution in [-0.2, 0) is 0 Å². The van der Waals surface area contributed by atoms with Crippen LogP contribution in [-0.4, -0.2) is 19.0 Å². The molecule has 0 aromatic carbocycles. The van der Waals surface area contributed by atoms with Gasteiger partial charge in [0.15, 0.2) is 0 Å². The fourth-order valence-corrected chi connectivity index (χ4v) is 1.17. The van der Waals surface area contributed by atoms with Crippen molar-refractivity contribution in [3.8, 4) is 0 Å². The molecule has 1 aliphatic heterocycles. The number of hydrogen-bond donors (Lipinski definition) is 2. The molecule has 2 nitrogen and oxygen atoms in total. The highest BCUT2D eigenvalue weighted by Crippen LogP contribution is 1.92. The zero-order valence-corrected chi connectivity index (χ0v) is 5.05.